The maximum atomic E-state index is 4.73. The summed E-state index contributed by atoms with van der Waals surface area (Å²) in [6, 6.07) is 44.0. The van der Waals surface area contributed by atoms with Gasteiger partial charge < -0.3 is 9.13 Å². The van der Waals surface area contributed by atoms with E-state index in [1.54, 1.807) is 11.3 Å². The van der Waals surface area contributed by atoms with E-state index in [1.807, 2.05) is 24.4 Å². The van der Waals surface area contributed by atoms with Crippen molar-refractivity contribution in [2.24, 2.45) is 0 Å². The van der Waals surface area contributed by atoms with Gasteiger partial charge in [0.1, 0.15) is 0 Å². The first-order valence-electron chi connectivity index (χ1n) is 16.6. The summed E-state index contributed by atoms with van der Waals surface area (Å²) in [5, 5.41) is 4.85. The van der Waals surface area contributed by atoms with Gasteiger partial charge in [0.2, 0.25) is 0 Å². The third kappa shape index (κ3) is 4.81. The first-order chi connectivity index (χ1) is 24.1. The molecule has 0 aliphatic heterocycles. The van der Waals surface area contributed by atoms with E-state index in [2.05, 4.69) is 150 Å². The molecule has 0 unspecified atom stereocenters. The molecule has 0 radical (unpaired) electrons. The van der Waals surface area contributed by atoms with E-state index < -0.39 is 0 Å². The summed E-state index contributed by atoms with van der Waals surface area (Å²) >= 11 is 1.78. The van der Waals surface area contributed by atoms with Crippen LogP contribution in [0.3, 0.4) is 0 Å². The van der Waals surface area contributed by atoms with Crippen LogP contribution in [0.4, 0.5) is 0 Å². The lowest BCUT2D eigenvalue weighted by molar-refractivity contribution is 0.269. The Kier molecular flexibility index (Phi) is 7.04. The standard InChI is InChI=1S/C44H34N4S/c1-4-33-35-20-17-31(25-41(35)48(38(33)5-2)32-19-22-42-37(26-32)44-43(49-42)16-11-23-45-44)30-18-21-40-36(24-30)34-14-9-10-15-39(34)47(40)28-46(3)27-29-12-7-6-8-13-29/h4-26H,1-2,27-28H2,3H3. The zero-order valence-corrected chi connectivity index (χ0v) is 28.1. The van der Waals surface area contributed by atoms with Crippen molar-refractivity contribution in [1.82, 2.24) is 19.0 Å². The van der Waals surface area contributed by atoms with Gasteiger partial charge >= 0.3 is 0 Å². The molecular weight excluding hydrogens is 617 g/mol. The highest BCUT2D eigenvalue weighted by molar-refractivity contribution is 7.25. The van der Waals surface area contributed by atoms with E-state index in [9.17, 15) is 0 Å². The number of para-hydroxylation sites is 1. The van der Waals surface area contributed by atoms with Gasteiger partial charge in [0.15, 0.2) is 0 Å². The lowest BCUT2D eigenvalue weighted by atomic mass is 10.0. The molecule has 9 rings (SSSR count). The van der Waals surface area contributed by atoms with E-state index in [-0.39, 0.29) is 0 Å². The van der Waals surface area contributed by atoms with Gasteiger partial charge in [-0.25, -0.2) is 0 Å². The fourth-order valence-electron chi connectivity index (χ4n) is 7.50. The minimum absolute atomic E-state index is 0.797. The SMILES string of the molecule is C=Cc1c(C=C)n(-c2ccc3sc4cccnc4c3c2)c2cc(-c3ccc4c(c3)c3ccccc3n4CN(C)Cc3ccccc3)ccc12. The lowest BCUT2D eigenvalue weighted by Crippen LogP contribution is -2.21. The van der Waals surface area contributed by atoms with Gasteiger partial charge in [-0.2, -0.15) is 0 Å². The molecule has 4 nitrogen and oxygen atoms in total. The predicted molar refractivity (Wildman–Crippen MR) is 210 cm³/mol. The number of pyridine rings is 1. The van der Waals surface area contributed by atoms with Gasteiger partial charge in [-0.3, -0.25) is 9.88 Å². The van der Waals surface area contributed by atoms with Gasteiger partial charge in [-0.05, 0) is 84.4 Å². The van der Waals surface area contributed by atoms with Gasteiger partial charge in [-0.1, -0.05) is 86.0 Å². The summed E-state index contributed by atoms with van der Waals surface area (Å²) in [4.78, 5) is 7.10. The van der Waals surface area contributed by atoms with Crippen molar-refractivity contribution in [2.75, 3.05) is 7.05 Å². The first-order valence-corrected chi connectivity index (χ1v) is 17.4. The van der Waals surface area contributed by atoms with Crippen LogP contribution in [0.5, 0.6) is 0 Å². The Morgan fingerprint density at radius 3 is 2.33 bits per heavy atom. The summed E-state index contributed by atoms with van der Waals surface area (Å²) < 4.78 is 7.20. The Hall–Kier alpha value is -5.75. The second kappa shape index (κ2) is 11.7. The molecule has 4 aromatic heterocycles. The fraction of sp³-hybridized carbons (Fsp3) is 0.0682. The smallest absolute Gasteiger partial charge is 0.0889 e. The van der Waals surface area contributed by atoms with E-state index in [0.717, 1.165) is 46.6 Å². The van der Waals surface area contributed by atoms with Crippen molar-refractivity contribution in [2.45, 2.75) is 13.2 Å². The maximum Gasteiger partial charge on any atom is 0.0889 e. The third-order valence-electron chi connectivity index (χ3n) is 9.69. The lowest BCUT2D eigenvalue weighted by Gasteiger charge is -2.19. The van der Waals surface area contributed by atoms with Gasteiger partial charge in [0.05, 0.1) is 39.1 Å². The van der Waals surface area contributed by atoms with Gasteiger partial charge in [-0.15, -0.1) is 11.3 Å². The van der Waals surface area contributed by atoms with Crippen molar-refractivity contribution in [3.8, 4) is 16.8 Å². The second-order valence-electron chi connectivity index (χ2n) is 12.7. The van der Waals surface area contributed by atoms with E-state index in [1.165, 1.54) is 53.3 Å². The zero-order valence-electron chi connectivity index (χ0n) is 27.3. The van der Waals surface area contributed by atoms with Crippen LogP contribution in [-0.2, 0) is 13.2 Å². The maximum absolute atomic E-state index is 4.73. The predicted octanol–water partition coefficient (Wildman–Crippen LogP) is 11.5. The molecule has 0 bridgehead atoms. The minimum Gasteiger partial charge on any atom is -0.327 e. The quantitative estimate of drug-likeness (QED) is 0.164. The van der Waals surface area contributed by atoms with Crippen molar-refractivity contribution in [1.29, 1.82) is 0 Å². The Labute approximate surface area is 289 Å². The molecule has 9 aromatic rings. The highest BCUT2D eigenvalue weighted by atomic mass is 32.1. The monoisotopic (exact) mass is 650 g/mol. The minimum atomic E-state index is 0.797. The molecule has 49 heavy (non-hydrogen) atoms. The van der Waals surface area contributed by atoms with E-state index >= 15 is 0 Å². The Balaban J connectivity index is 1.18. The van der Waals surface area contributed by atoms with Crippen LogP contribution >= 0.6 is 11.3 Å². The normalized spacial score (nSPS) is 11.9. The molecule has 0 atom stereocenters. The summed E-state index contributed by atoms with van der Waals surface area (Å²) in [6.45, 7) is 10.1. The van der Waals surface area contributed by atoms with Gasteiger partial charge in [0.25, 0.3) is 0 Å². The Bertz CT molecular complexity index is 2730. The number of hydrogen-bond donors (Lipinski definition) is 0. The molecule has 0 saturated carbocycles. The van der Waals surface area contributed by atoms with Crippen LogP contribution in [0.25, 0.3) is 82.0 Å². The average molecular weight is 651 g/mol. The van der Waals surface area contributed by atoms with Crippen LogP contribution < -0.4 is 0 Å². The molecule has 0 spiro atoms. The molecule has 0 fully saturated rings. The summed E-state index contributed by atoms with van der Waals surface area (Å²) in [7, 11) is 2.19. The highest BCUT2D eigenvalue weighted by Gasteiger charge is 2.18. The molecule has 5 heteroatoms. The Morgan fingerprint density at radius 1 is 0.673 bits per heavy atom. The molecule has 0 saturated heterocycles. The average Bonchev–Trinajstić information content (AvgIpc) is 3.78. The van der Waals surface area contributed by atoms with Crippen molar-refractivity contribution in [3.05, 3.63) is 158 Å². The number of nitrogens with zero attached hydrogens (tertiary/aromatic N) is 4. The number of thiophene rings is 1. The largest absolute Gasteiger partial charge is 0.327 e. The Morgan fingerprint density at radius 2 is 1.47 bits per heavy atom. The first kappa shape index (κ1) is 29.4. The van der Waals surface area contributed by atoms with Crippen LogP contribution in [0.1, 0.15) is 16.8 Å². The summed E-state index contributed by atoms with van der Waals surface area (Å²) in [6.07, 6.45) is 5.77. The van der Waals surface area contributed by atoms with Crippen molar-refractivity contribution < 1.29 is 0 Å². The van der Waals surface area contributed by atoms with Gasteiger partial charge in [0, 0.05) is 50.2 Å². The number of rotatable bonds is 8. The number of aromatic nitrogens is 3. The molecule has 0 amide bonds. The molecule has 0 aliphatic carbocycles. The number of fused-ring (bicyclic) bond motifs is 7. The third-order valence-corrected chi connectivity index (χ3v) is 10.8. The zero-order chi connectivity index (χ0) is 33.1. The fourth-order valence-corrected chi connectivity index (χ4v) is 8.55. The number of benzene rings is 5. The van der Waals surface area contributed by atoms with Crippen LogP contribution in [0, 0.1) is 0 Å². The summed E-state index contributed by atoms with van der Waals surface area (Å²) in [5.74, 6) is 0. The molecule has 5 aromatic carbocycles. The molecular formula is C44H34N4S. The number of hydrogen-bond acceptors (Lipinski definition) is 3. The highest BCUT2D eigenvalue weighted by Crippen LogP contribution is 2.39. The molecule has 0 N–H and O–H groups in total. The van der Waals surface area contributed by atoms with Crippen molar-refractivity contribution in [3.63, 3.8) is 0 Å². The van der Waals surface area contributed by atoms with Crippen LogP contribution in [-0.4, -0.2) is 26.1 Å². The molecule has 4 heterocycles. The van der Waals surface area contributed by atoms with E-state index in [0.29, 0.717) is 0 Å². The second-order valence-corrected chi connectivity index (χ2v) is 13.8. The van der Waals surface area contributed by atoms with Crippen molar-refractivity contribution >= 4 is 76.5 Å². The van der Waals surface area contributed by atoms with Crippen LogP contribution in [0.2, 0.25) is 0 Å². The topological polar surface area (TPSA) is 26.0 Å². The van der Waals surface area contributed by atoms with Crippen LogP contribution in [0.15, 0.2) is 141 Å². The van der Waals surface area contributed by atoms with E-state index in [4.69, 9.17) is 4.98 Å². The summed E-state index contributed by atoms with van der Waals surface area (Å²) in [5.41, 5.74) is 11.5. The molecule has 236 valence electrons. The molecule has 0 aliphatic rings.